The molecular formula is C33H60O4. The summed E-state index contributed by atoms with van der Waals surface area (Å²) in [5.74, 6) is -2.15. The smallest absolute Gasteiger partial charge is 0.307 e. The SMILES string of the molecule is C=CCOC(=O)CC(C/C=C/CCCCCCCCCCCCCCCCCCCCCCC)C(=O)O. The zero-order valence-electron chi connectivity index (χ0n) is 24.4. The van der Waals surface area contributed by atoms with Crippen molar-refractivity contribution in [1.82, 2.24) is 0 Å². The molecule has 0 aliphatic heterocycles. The van der Waals surface area contributed by atoms with Crippen LogP contribution in [0.2, 0.25) is 0 Å². The van der Waals surface area contributed by atoms with Crippen molar-refractivity contribution in [3.63, 3.8) is 0 Å². The van der Waals surface area contributed by atoms with Crippen LogP contribution in [0, 0.1) is 5.92 Å². The Hall–Kier alpha value is -1.58. The number of carbonyl (C=O) groups excluding carboxylic acids is 1. The number of ether oxygens (including phenoxy) is 1. The van der Waals surface area contributed by atoms with E-state index in [2.05, 4.69) is 19.6 Å². The fourth-order valence-electron chi connectivity index (χ4n) is 4.76. The number of hydrogen-bond acceptors (Lipinski definition) is 3. The topological polar surface area (TPSA) is 63.6 Å². The van der Waals surface area contributed by atoms with Crippen molar-refractivity contribution in [3.8, 4) is 0 Å². The molecule has 1 unspecified atom stereocenters. The van der Waals surface area contributed by atoms with Crippen molar-refractivity contribution in [3.05, 3.63) is 24.8 Å². The molecule has 0 amide bonds. The van der Waals surface area contributed by atoms with Gasteiger partial charge in [0.2, 0.25) is 0 Å². The molecular weight excluding hydrogens is 460 g/mol. The second-order valence-corrected chi connectivity index (χ2v) is 10.8. The van der Waals surface area contributed by atoms with Gasteiger partial charge in [-0.1, -0.05) is 160 Å². The standard InChI is InChI=1S/C33H60O4/c1-3-5-6-7-8-9-10-11-12-13-14-15-16-17-18-19-20-21-22-23-24-25-26-27-28-31(33(35)36)30-32(34)37-29-4-2/h4,26-27,31H,2-3,5-25,28-30H2,1H3,(H,35,36)/b27-26+. The van der Waals surface area contributed by atoms with E-state index in [4.69, 9.17) is 4.74 Å². The van der Waals surface area contributed by atoms with Crippen molar-refractivity contribution in [2.24, 2.45) is 5.92 Å². The summed E-state index contributed by atoms with van der Waals surface area (Å²) in [5.41, 5.74) is 0. The number of unbranched alkanes of at least 4 members (excludes halogenated alkanes) is 21. The zero-order valence-corrected chi connectivity index (χ0v) is 24.4. The molecule has 0 rings (SSSR count). The molecule has 1 N–H and O–H groups in total. The van der Waals surface area contributed by atoms with Crippen LogP contribution in [-0.2, 0) is 14.3 Å². The van der Waals surface area contributed by atoms with Crippen molar-refractivity contribution >= 4 is 11.9 Å². The van der Waals surface area contributed by atoms with Crippen LogP contribution in [-0.4, -0.2) is 23.7 Å². The van der Waals surface area contributed by atoms with Crippen LogP contribution >= 0.6 is 0 Å². The van der Waals surface area contributed by atoms with E-state index in [1.807, 2.05) is 6.08 Å². The summed E-state index contributed by atoms with van der Waals surface area (Å²) in [6.45, 7) is 5.89. The average molecular weight is 521 g/mol. The van der Waals surface area contributed by atoms with Crippen molar-refractivity contribution < 1.29 is 19.4 Å². The van der Waals surface area contributed by atoms with Gasteiger partial charge in [0.05, 0.1) is 12.3 Å². The van der Waals surface area contributed by atoms with Crippen molar-refractivity contribution in [2.75, 3.05) is 6.61 Å². The molecule has 0 saturated carbocycles. The molecule has 0 aliphatic rings. The maximum absolute atomic E-state index is 11.6. The van der Waals surface area contributed by atoms with E-state index in [1.54, 1.807) is 0 Å². The Balaban J connectivity index is 3.36. The van der Waals surface area contributed by atoms with E-state index < -0.39 is 17.9 Å². The minimum atomic E-state index is -0.950. The predicted octanol–water partition coefficient (Wildman–Crippen LogP) is 10.4. The van der Waals surface area contributed by atoms with Gasteiger partial charge in [0, 0.05) is 0 Å². The van der Waals surface area contributed by atoms with Gasteiger partial charge in [0.1, 0.15) is 6.61 Å². The van der Waals surface area contributed by atoms with E-state index in [9.17, 15) is 14.7 Å². The lowest BCUT2D eigenvalue weighted by Gasteiger charge is -2.09. The minimum absolute atomic E-state index is 0.0904. The summed E-state index contributed by atoms with van der Waals surface area (Å²) >= 11 is 0. The molecule has 0 aromatic heterocycles. The van der Waals surface area contributed by atoms with Gasteiger partial charge in [-0.05, 0) is 19.3 Å². The first-order valence-electron chi connectivity index (χ1n) is 15.8. The van der Waals surface area contributed by atoms with Crippen LogP contribution in [0.5, 0.6) is 0 Å². The first-order valence-corrected chi connectivity index (χ1v) is 15.8. The van der Waals surface area contributed by atoms with E-state index in [1.165, 1.54) is 134 Å². The number of carboxylic acid groups (broad SMARTS) is 1. The highest BCUT2D eigenvalue weighted by Gasteiger charge is 2.20. The number of allylic oxidation sites excluding steroid dienone is 2. The fourth-order valence-corrected chi connectivity index (χ4v) is 4.76. The molecule has 216 valence electrons. The van der Waals surface area contributed by atoms with Crippen LogP contribution in [0.3, 0.4) is 0 Å². The Kier molecular flexibility index (Phi) is 27.7. The lowest BCUT2D eigenvalue weighted by Crippen LogP contribution is -2.19. The summed E-state index contributed by atoms with van der Waals surface area (Å²) in [6.07, 6.45) is 35.9. The van der Waals surface area contributed by atoms with Crippen molar-refractivity contribution in [2.45, 2.75) is 161 Å². The summed E-state index contributed by atoms with van der Waals surface area (Å²) in [6, 6.07) is 0. The van der Waals surface area contributed by atoms with E-state index >= 15 is 0 Å². The minimum Gasteiger partial charge on any atom is -0.481 e. The second-order valence-electron chi connectivity index (χ2n) is 10.8. The molecule has 0 aromatic rings. The highest BCUT2D eigenvalue weighted by Crippen LogP contribution is 2.16. The zero-order chi connectivity index (χ0) is 27.2. The predicted molar refractivity (Wildman–Crippen MR) is 158 cm³/mol. The van der Waals surface area contributed by atoms with E-state index in [0.717, 1.165) is 12.8 Å². The molecule has 37 heavy (non-hydrogen) atoms. The number of hydrogen-bond donors (Lipinski definition) is 1. The lowest BCUT2D eigenvalue weighted by atomic mass is 10.0. The molecule has 0 bridgehead atoms. The van der Waals surface area contributed by atoms with Gasteiger partial charge in [0.25, 0.3) is 0 Å². The number of carbonyl (C=O) groups is 2. The number of aliphatic carboxylic acids is 1. The summed E-state index contributed by atoms with van der Waals surface area (Å²) < 4.78 is 4.88. The lowest BCUT2D eigenvalue weighted by molar-refractivity contribution is -0.150. The molecule has 0 heterocycles. The van der Waals surface area contributed by atoms with Crippen molar-refractivity contribution in [1.29, 1.82) is 0 Å². The summed E-state index contributed by atoms with van der Waals surface area (Å²) in [7, 11) is 0. The quantitative estimate of drug-likeness (QED) is 0.0605. The highest BCUT2D eigenvalue weighted by molar-refractivity contribution is 5.78. The molecule has 1 atom stereocenters. The van der Waals surface area contributed by atoms with Gasteiger partial charge >= 0.3 is 11.9 Å². The molecule has 0 fully saturated rings. The maximum atomic E-state index is 11.6. The Morgan fingerprint density at radius 2 is 1.08 bits per heavy atom. The first kappa shape index (κ1) is 35.4. The molecule has 0 saturated heterocycles. The number of rotatable bonds is 29. The van der Waals surface area contributed by atoms with Gasteiger partial charge in [-0.3, -0.25) is 9.59 Å². The van der Waals surface area contributed by atoms with Gasteiger partial charge in [-0.25, -0.2) is 0 Å². The first-order chi connectivity index (χ1) is 18.1. The molecule has 0 aromatic carbocycles. The Morgan fingerprint density at radius 3 is 1.46 bits per heavy atom. The Labute approximate surface area is 229 Å². The molecule has 4 nitrogen and oxygen atoms in total. The van der Waals surface area contributed by atoms with Crippen LogP contribution in [0.1, 0.15) is 161 Å². The summed E-state index contributed by atoms with van der Waals surface area (Å²) in [5, 5.41) is 9.27. The third-order valence-electron chi connectivity index (χ3n) is 7.19. The summed E-state index contributed by atoms with van der Waals surface area (Å²) in [4.78, 5) is 22.9. The van der Waals surface area contributed by atoms with E-state index in [-0.39, 0.29) is 13.0 Å². The van der Waals surface area contributed by atoms with Gasteiger partial charge < -0.3 is 9.84 Å². The Bertz CT molecular complexity index is 555. The number of esters is 1. The van der Waals surface area contributed by atoms with Gasteiger partial charge in [-0.15, -0.1) is 0 Å². The average Bonchev–Trinajstić information content (AvgIpc) is 2.89. The van der Waals surface area contributed by atoms with Crippen LogP contribution in [0.4, 0.5) is 0 Å². The third-order valence-corrected chi connectivity index (χ3v) is 7.19. The van der Waals surface area contributed by atoms with Gasteiger partial charge in [0.15, 0.2) is 0 Å². The highest BCUT2D eigenvalue weighted by atomic mass is 16.5. The Morgan fingerprint density at radius 1 is 0.676 bits per heavy atom. The maximum Gasteiger partial charge on any atom is 0.307 e. The van der Waals surface area contributed by atoms with Crippen LogP contribution in [0.15, 0.2) is 24.8 Å². The molecule has 0 spiro atoms. The van der Waals surface area contributed by atoms with E-state index in [0.29, 0.717) is 6.42 Å². The molecule has 4 heteroatoms. The second kappa shape index (κ2) is 29.0. The van der Waals surface area contributed by atoms with Crippen LogP contribution < -0.4 is 0 Å². The van der Waals surface area contributed by atoms with Crippen LogP contribution in [0.25, 0.3) is 0 Å². The largest absolute Gasteiger partial charge is 0.481 e. The molecule has 0 radical (unpaired) electrons. The third kappa shape index (κ3) is 27.3. The monoisotopic (exact) mass is 520 g/mol. The fraction of sp³-hybridized carbons (Fsp3) is 0.818. The number of carboxylic acids is 1. The molecule has 0 aliphatic carbocycles. The van der Waals surface area contributed by atoms with Gasteiger partial charge in [-0.2, -0.15) is 0 Å². The normalized spacial score (nSPS) is 12.1.